The Balaban J connectivity index is 2.74. The zero-order valence-electron chi connectivity index (χ0n) is 12.2. The van der Waals surface area contributed by atoms with Crippen molar-refractivity contribution in [1.29, 1.82) is 0 Å². The second-order valence-electron chi connectivity index (χ2n) is 4.89. The average molecular weight is 323 g/mol. The quantitative estimate of drug-likeness (QED) is 0.494. The summed E-state index contributed by atoms with van der Waals surface area (Å²) in [5.74, 6) is -0.266. The van der Waals surface area contributed by atoms with Gasteiger partial charge >= 0.3 is 0 Å². The van der Waals surface area contributed by atoms with Crippen molar-refractivity contribution in [1.82, 2.24) is 5.32 Å². The molecule has 0 heterocycles. The molecule has 0 unspecified atom stereocenters. The first kappa shape index (κ1) is 16.2. The first-order valence-electron chi connectivity index (χ1n) is 6.49. The van der Waals surface area contributed by atoms with Crippen LogP contribution < -0.4 is 16.4 Å². The van der Waals surface area contributed by atoms with Crippen molar-refractivity contribution < 1.29 is 17.8 Å². The topological polar surface area (TPSA) is 122 Å². The molecule has 118 valence electrons. The van der Waals surface area contributed by atoms with E-state index < -0.39 is 10.1 Å². The Labute approximate surface area is 128 Å². The molecule has 22 heavy (non-hydrogen) atoms. The molecule has 0 atom stereocenters. The number of nitrogens with two attached hydrogens (primary N) is 1. The van der Waals surface area contributed by atoms with Crippen molar-refractivity contribution >= 4 is 38.2 Å². The van der Waals surface area contributed by atoms with Crippen LogP contribution >= 0.6 is 0 Å². The molecule has 7 nitrogen and oxygen atoms in total. The highest BCUT2D eigenvalue weighted by atomic mass is 32.2. The fourth-order valence-corrected chi connectivity index (χ4v) is 3.17. The number of nitrogen functional groups attached to an aromatic ring is 1. The molecule has 1 amide bonds. The van der Waals surface area contributed by atoms with E-state index in [4.69, 9.17) is 5.73 Å². The van der Waals surface area contributed by atoms with Gasteiger partial charge in [0.25, 0.3) is 10.1 Å². The van der Waals surface area contributed by atoms with Crippen LogP contribution in [0.4, 0.5) is 11.4 Å². The van der Waals surface area contributed by atoms with Gasteiger partial charge in [-0.05, 0) is 31.7 Å². The summed E-state index contributed by atoms with van der Waals surface area (Å²) in [6, 6.07) is 6.44. The maximum Gasteiger partial charge on any atom is 0.297 e. The van der Waals surface area contributed by atoms with Crippen LogP contribution in [0.2, 0.25) is 0 Å². The van der Waals surface area contributed by atoms with Crippen LogP contribution in [0.25, 0.3) is 10.8 Å². The number of carbonyl (C=O) groups excluding carboxylic acids is 1. The van der Waals surface area contributed by atoms with E-state index >= 15 is 0 Å². The van der Waals surface area contributed by atoms with E-state index in [1.165, 1.54) is 6.07 Å². The standard InChI is InChI=1S/C14H17N3O4S/c1-8-6-10-9(14(13(8)15)22(19,20)21)4-3-5-11(10)17-12(18)7-16-2/h3-6,16H,7,15H2,1-2H3,(H,17,18)(H,19,20,21). The Morgan fingerprint density at radius 1 is 1.32 bits per heavy atom. The zero-order valence-corrected chi connectivity index (χ0v) is 13.0. The van der Waals surface area contributed by atoms with Gasteiger partial charge in [-0.2, -0.15) is 8.42 Å². The molecule has 2 aromatic carbocycles. The third kappa shape index (κ3) is 3.03. The summed E-state index contributed by atoms with van der Waals surface area (Å²) in [6.07, 6.45) is 0. The summed E-state index contributed by atoms with van der Waals surface area (Å²) in [5.41, 5.74) is 6.74. The maximum atomic E-state index is 11.7. The zero-order chi connectivity index (χ0) is 16.5. The Bertz CT molecular complexity index is 847. The Morgan fingerprint density at radius 2 is 2.00 bits per heavy atom. The first-order valence-corrected chi connectivity index (χ1v) is 7.93. The number of rotatable bonds is 4. The highest BCUT2D eigenvalue weighted by Crippen LogP contribution is 2.35. The van der Waals surface area contributed by atoms with Gasteiger partial charge in [0.15, 0.2) is 0 Å². The molecule has 0 aliphatic rings. The minimum atomic E-state index is -4.49. The maximum absolute atomic E-state index is 11.7. The first-order chi connectivity index (χ1) is 10.3. The van der Waals surface area contributed by atoms with Crippen LogP contribution in [-0.4, -0.2) is 32.5 Å². The largest absolute Gasteiger partial charge is 0.397 e. The number of benzene rings is 2. The van der Waals surface area contributed by atoms with Crippen molar-refractivity contribution in [2.75, 3.05) is 24.6 Å². The highest BCUT2D eigenvalue weighted by molar-refractivity contribution is 7.86. The van der Waals surface area contributed by atoms with Crippen molar-refractivity contribution in [2.24, 2.45) is 0 Å². The molecule has 2 rings (SSSR count). The lowest BCUT2D eigenvalue weighted by atomic mass is 10.0. The molecule has 0 radical (unpaired) electrons. The predicted molar refractivity (Wildman–Crippen MR) is 85.5 cm³/mol. The number of carbonyl (C=O) groups is 1. The normalized spacial score (nSPS) is 11.6. The Hall–Kier alpha value is -2.16. The number of anilines is 2. The molecule has 0 bridgehead atoms. The summed E-state index contributed by atoms with van der Waals surface area (Å²) in [4.78, 5) is 11.4. The number of fused-ring (bicyclic) bond motifs is 1. The van der Waals surface area contributed by atoms with Crippen molar-refractivity contribution in [2.45, 2.75) is 11.8 Å². The Kier molecular flexibility index (Phi) is 4.36. The van der Waals surface area contributed by atoms with Crippen LogP contribution in [0.1, 0.15) is 5.56 Å². The van der Waals surface area contributed by atoms with Gasteiger partial charge < -0.3 is 16.4 Å². The molecule has 0 aliphatic heterocycles. The second-order valence-corrected chi connectivity index (χ2v) is 6.25. The van der Waals surface area contributed by atoms with Crippen LogP contribution in [0.15, 0.2) is 29.2 Å². The SMILES string of the molecule is CNCC(=O)Nc1cccc2c(S(=O)(=O)O)c(N)c(C)cc12. The van der Waals surface area contributed by atoms with Crippen molar-refractivity contribution in [3.05, 3.63) is 29.8 Å². The van der Waals surface area contributed by atoms with Crippen LogP contribution in [0.3, 0.4) is 0 Å². The van der Waals surface area contributed by atoms with Gasteiger partial charge in [-0.25, -0.2) is 0 Å². The minimum absolute atomic E-state index is 0.00583. The summed E-state index contributed by atoms with van der Waals surface area (Å²) >= 11 is 0. The lowest BCUT2D eigenvalue weighted by molar-refractivity contribution is -0.115. The molecule has 0 saturated carbocycles. The molecule has 5 N–H and O–H groups in total. The summed E-state index contributed by atoms with van der Waals surface area (Å²) in [5, 5.41) is 6.17. The van der Waals surface area contributed by atoms with Gasteiger partial charge in [0, 0.05) is 16.5 Å². The number of amides is 1. The number of aryl methyl sites for hydroxylation is 1. The fraction of sp³-hybridized carbons (Fsp3) is 0.214. The van der Waals surface area contributed by atoms with Crippen LogP contribution in [0.5, 0.6) is 0 Å². The van der Waals surface area contributed by atoms with Gasteiger partial charge in [-0.1, -0.05) is 12.1 Å². The molecule has 0 fully saturated rings. The van der Waals surface area contributed by atoms with Gasteiger partial charge in [0.1, 0.15) is 4.90 Å². The smallest absolute Gasteiger partial charge is 0.297 e. The lowest BCUT2D eigenvalue weighted by Gasteiger charge is -2.14. The number of hydrogen-bond acceptors (Lipinski definition) is 5. The van der Waals surface area contributed by atoms with Gasteiger partial charge in [0.05, 0.1) is 12.2 Å². The van der Waals surface area contributed by atoms with E-state index in [1.54, 1.807) is 32.2 Å². The molecule has 0 aromatic heterocycles. The minimum Gasteiger partial charge on any atom is -0.397 e. The van der Waals surface area contributed by atoms with E-state index in [1.807, 2.05) is 0 Å². The fourth-order valence-electron chi connectivity index (χ4n) is 2.28. The van der Waals surface area contributed by atoms with Gasteiger partial charge in [0.2, 0.25) is 5.91 Å². The molecule has 8 heteroatoms. The van der Waals surface area contributed by atoms with E-state index in [0.29, 0.717) is 16.6 Å². The van der Waals surface area contributed by atoms with Gasteiger partial charge in [-0.15, -0.1) is 0 Å². The molecule has 2 aromatic rings. The van der Waals surface area contributed by atoms with Gasteiger partial charge in [-0.3, -0.25) is 9.35 Å². The molecule has 0 aliphatic carbocycles. The third-order valence-electron chi connectivity index (χ3n) is 3.25. The number of likely N-dealkylation sites (N-methyl/N-ethyl adjacent to an activating group) is 1. The second kappa shape index (κ2) is 5.91. The summed E-state index contributed by atoms with van der Waals surface area (Å²) in [6.45, 7) is 1.76. The highest BCUT2D eigenvalue weighted by Gasteiger charge is 2.21. The van der Waals surface area contributed by atoms with E-state index in [2.05, 4.69) is 10.6 Å². The predicted octanol–water partition coefficient (Wildman–Crippen LogP) is 1.14. The summed E-state index contributed by atoms with van der Waals surface area (Å²) in [7, 11) is -2.85. The third-order valence-corrected chi connectivity index (χ3v) is 4.21. The molecular formula is C14H17N3O4S. The van der Waals surface area contributed by atoms with E-state index in [-0.39, 0.29) is 28.4 Å². The Morgan fingerprint density at radius 3 is 2.59 bits per heavy atom. The monoisotopic (exact) mass is 323 g/mol. The van der Waals surface area contributed by atoms with Crippen molar-refractivity contribution in [3.63, 3.8) is 0 Å². The average Bonchev–Trinajstić information content (AvgIpc) is 2.39. The van der Waals surface area contributed by atoms with Crippen LogP contribution in [-0.2, 0) is 14.9 Å². The number of hydrogen-bond donors (Lipinski definition) is 4. The number of nitrogens with one attached hydrogen (secondary N) is 2. The molecule has 0 saturated heterocycles. The van der Waals surface area contributed by atoms with Crippen LogP contribution in [0, 0.1) is 6.92 Å². The molecular weight excluding hydrogens is 306 g/mol. The van der Waals surface area contributed by atoms with E-state index in [0.717, 1.165) is 0 Å². The molecule has 0 spiro atoms. The summed E-state index contributed by atoms with van der Waals surface area (Å²) < 4.78 is 32.7. The van der Waals surface area contributed by atoms with Crippen molar-refractivity contribution in [3.8, 4) is 0 Å². The lowest BCUT2D eigenvalue weighted by Crippen LogP contribution is -2.25. The van der Waals surface area contributed by atoms with E-state index in [9.17, 15) is 17.8 Å².